The van der Waals surface area contributed by atoms with Gasteiger partial charge in [-0.3, -0.25) is 4.99 Å². The largest absolute Gasteiger partial charge is 0.375 e. The van der Waals surface area contributed by atoms with Gasteiger partial charge in [0.25, 0.3) is 0 Å². The lowest BCUT2D eigenvalue weighted by Crippen LogP contribution is -2.39. The minimum absolute atomic E-state index is 0.0695. The lowest BCUT2D eigenvalue weighted by Gasteiger charge is -2.22. The molecule has 0 saturated carbocycles. The van der Waals surface area contributed by atoms with Gasteiger partial charge in [-0.1, -0.05) is 23.7 Å². The van der Waals surface area contributed by atoms with Crippen LogP contribution in [0.4, 0.5) is 0 Å². The molecule has 1 aromatic carbocycles. The van der Waals surface area contributed by atoms with Crippen molar-refractivity contribution >= 4 is 17.6 Å². The molecule has 0 radical (unpaired) electrons. The van der Waals surface area contributed by atoms with E-state index >= 15 is 0 Å². The van der Waals surface area contributed by atoms with Crippen LogP contribution in [0.15, 0.2) is 29.3 Å². The van der Waals surface area contributed by atoms with Crippen LogP contribution in [0.3, 0.4) is 0 Å². The average Bonchev–Trinajstić information content (AvgIpc) is 3.01. The molecule has 1 heterocycles. The Morgan fingerprint density at radius 3 is 2.81 bits per heavy atom. The van der Waals surface area contributed by atoms with Crippen molar-refractivity contribution in [1.29, 1.82) is 0 Å². The van der Waals surface area contributed by atoms with Gasteiger partial charge in [0.2, 0.25) is 0 Å². The summed E-state index contributed by atoms with van der Waals surface area (Å²) < 4.78 is 5.57. The fraction of sp³-hybridized carbons (Fsp3) is 0.562. The molecule has 4 nitrogen and oxygen atoms in total. The molecule has 0 aliphatic carbocycles. The van der Waals surface area contributed by atoms with Gasteiger partial charge in [0.05, 0.1) is 6.54 Å². The van der Waals surface area contributed by atoms with E-state index in [2.05, 4.69) is 17.1 Å². The average molecular weight is 310 g/mol. The van der Waals surface area contributed by atoms with Crippen LogP contribution in [0.5, 0.6) is 0 Å². The molecule has 1 N–H and O–H groups in total. The molecule has 116 valence electrons. The molecule has 1 aromatic rings. The SMILES string of the molecule is CCNC(=NCC(OC)c1cccc(Cl)c1)N1CCCC1. The van der Waals surface area contributed by atoms with Crippen molar-refractivity contribution in [1.82, 2.24) is 10.2 Å². The number of nitrogens with zero attached hydrogens (tertiary/aromatic N) is 2. The molecule has 1 saturated heterocycles. The first-order valence-electron chi connectivity index (χ1n) is 7.56. The van der Waals surface area contributed by atoms with Crippen molar-refractivity contribution in [2.45, 2.75) is 25.9 Å². The van der Waals surface area contributed by atoms with Crippen LogP contribution in [-0.4, -0.2) is 44.1 Å². The van der Waals surface area contributed by atoms with E-state index in [-0.39, 0.29) is 6.10 Å². The number of nitrogens with one attached hydrogen (secondary N) is 1. The van der Waals surface area contributed by atoms with Crippen LogP contribution in [0, 0.1) is 0 Å². The highest BCUT2D eigenvalue weighted by Gasteiger charge is 2.17. The normalized spacial score (nSPS) is 17.1. The first kappa shape index (κ1) is 16.1. The lowest BCUT2D eigenvalue weighted by atomic mass is 10.1. The van der Waals surface area contributed by atoms with Gasteiger partial charge in [-0.05, 0) is 37.5 Å². The molecule has 2 rings (SSSR count). The topological polar surface area (TPSA) is 36.9 Å². The third kappa shape index (κ3) is 4.61. The molecule has 1 aliphatic rings. The highest BCUT2D eigenvalue weighted by molar-refractivity contribution is 6.30. The van der Waals surface area contributed by atoms with E-state index in [4.69, 9.17) is 21.3 Å². The standard InChI is InChI=1S/C16H24ClN3O/c1-3-18-16(20-9-4-5-10-20)19-12-15(21-2)13-7-6-8-14(17)11-13/h6-8,11,15H,3-5,9-10,12H2,1-2H3,(H,18,19). The number of hydrogen-bond acceptors (Lipinski definition) is 2. The molecule has 0 spiro atoms. The molecular weight excluding hydrogens is 286 g/mol. The van der Waals surface area contributed by atoms with Crippen LogP contribution in [-0.2, 0) is 4.74 Å². The number of hydrogen-bond donors (Lipinski definition) is 1. The highest BCUT2D eigenvalue weighted by atomic mass is 35.5. The maximum Gasteiger partial charge on any atom is 0.194 e. The van der Waals surface area contributed by atoms with Crippen molar-refractivity contribution in [2.24, 2.45) is 4.99 Å². The smallest absolute Gasteiger partial charge is 0.194 e. The Labute approximate surface area is 132 Å². The van der Waals surface area contributed by atoms with Crippen molar-refractivity contribution in [3.05, 3.63) is 34.9 Å². The summed E-state index contributed by atoms with van der Waals surface area (Å²) in [6.45, 7) is 5.73. The zero-order chi connectivity index (χ0) is 15.1. The second-order valence-electron chi connectivity index (χ2n) is 5.17. The first-order chi connectivity index (χ1) is 10.2. The Hall–Kier alpha value is -1.26. The molecule has 0 aromatic heterocycles. The molecule has 0 amide bonds. The number of ether oxygens (including phenoxy) is 1. The maximum absolute atomic E-state index is 6.05. The highest BCUT2D eigenvalue weighted by Crippen LogP contribution is 2.21. The summed E-state index contributed by atoms with van der Waals surface area (Å²) in [6.07, 6.45) is 2.42. The molecule has 1 unspecified atom stereocenters. The van der Waals surface area contributed by atoms with Gasteiger partial charge >= 0.3 is 0 Å². The summed E-state index contributed by atoms with van der Waals surface area (Å²) in [7, 11) is 1.71. The summed E-state index contributed by atoms with van der Waals surface area (Å²) >= 11 is 6.05. The van der Waals surface area contributed by atoms with Crippen LogP contribution in [0.1, 0.15) is 31.4 Å². The Bertz CT molecular complexity index is 472. The minimum Gasteiger partial charge on any atom is -0.375 e. The monoisotopic (exact) mass is 309 g/mol. The Morgan fingerprint density at radius 1 is 1.43 bits per heavy atom. The summed E-state index contributed by atoms with van der Waals surface area (Å²) in [5.41, 5.74) is 1.06. The van der Waals surface area contributed by atoms with E-state index in [1.54, 1.807) is 7.11 Å². The lowest BCUT2D eigenvalue weighted by molar-refractivity contribution is 0.110. The fourth-order valence-corrected chi connectivity index (χ4v) is 2.75. The number of guanidine groups is 1. The minimum atomic E-state index is -0.0695. The van der Waals surface area contributed by atoms with Gasteiger partial charge in [-0.15, -0.1) is 0 Å². The molecular formula is C16H24ClN3O. The van der Waals surface area contributed by atoms with Gasteiger partial charge in [0.1, 0.15) is 6.10 Å². The third-order valence-corrected chi connectivity index (χ3v) is 3.89. The molecule has 5 heteroatoms. The second-order valence-corrected chi connectivity index (χ2v) is 5.60. The number of likely N-dealkylation sites (tertiary alicyclic amines) is 1. The van der Waals surface area contributed by atoms with Crippen LogP contribution in [0.25, 0.3) is 0 Å². The van der Waals surface area contributed by atoms with Crippen LogP contribution in [0.2, 0.25) is 5.02 Å². The number of benzene rings is 1. The van der Waals surface area contributed by atoms with E-state index in [9.17, 15) is 0 Å². The van der Waals surface area contributed by atoms with E-state index in [0.717, 1.165) is 36.2 Å². The predicted molar refractivity (Wildman–Crippen MR) is 88.0 cm³/mol. The Balaban J connectivity index is 2.06. The van der Waals surface area contributed by atoms with Gasteiger partial charge in [-0.2, -0.15) is 0 Å². The Kier molecular flexibility index (Phi) is 6.33. The molecule has 1 aliphatic heterocycles. The quantitative estimate of drug-likeness (QED) is 0.671. The number of halogens is 1. The summed E-state index contributed by atoms with van der Waals surface area (Å²) in [5, 5.41) is 4.09. The van der Waals surface area contributed by atoms with E-state index in [1.165, 1.54) is 12.8 Å². The van der Waals surface area contributed by atoms with Crippen molar-refractivity contribution in [2.75, 3.05) is 33.3 Å². The molecule has 1 fully saturated rings. The van der Waals surface area contributed by atoms with Crippen molar-refractivity contribution < 1.29 is 4.74 Å². The zero-order valence-corrected chi connectivity index (χ0v) is 13.6. The first-order valence-corrected chi connectivity index (χ1v) is 7.94. The number of aliphatic imine (C=N–C) groups is 1. The van der Waals surface area contributed by atoms with E-state index < -0.39 is 0 Å². The summed E-state index contributed by atoms with van der Waals surface area (Å²) in [5.74, 6) is 0.985. The van der Waals surface area contributed by atoms with Gasteiger partial charge in [0.15, 0.2) is 5.96 Å². The molecule has 0 bridgehead atoms. The number of rotatable bonds is 5. The van der Waals surface area contributed by atoms with Gasteiger partial charge < -0.3 is 15.0 Å². The predicted octanol–water partition coefficient (Wildman–Crippen LogP) is 3.09. The fourth-order valence-electron chi connectivity index (χ4n) is 2.55. The molecule has 1 atom stereocenters. The summed E-state index contributed by atoms with van der Waals surface area (Å²) in [4.78, 5) is 7.05. The van der Waals surface area contributed by atoms with Crippen LogP contribution >= 0.6 is 11.6 Å². The molecule has 21 heavy (non-hydrogen) atoms. The second kappa shape index (κ2) is 8.25. The van der Waals surface area contributed by atoms with Gasteiger partial charge in [0, 0.05) is 31.8 Å². The van der Waals surface area contributed by atoms with Crippen molar-refractivity contribution in [3.8, 4) is 0 Å². The maximum atomic E-state index is 6.05. The van der Waals surface area contributed by atoms with E-state index in [0.29, 0.717) is 6.54 Å². The summed E-state index contributed by atoms with van der Waals surface area (Å²) in [6, 6.07) is 7.78. The third-order valence-electron chi connectivity index (χ3n) is 3.65. The Morgan fingerprint density at radius 2 is 2.19 bits per heavy atom. The zero-order valence-electron chi connectivity index (χ0n) is 12.8. The van der Waals surface area contributed by atoms with Gasteiger partial charge in [-0.25, -0.2) is 0 Å². The van der Waals surface area contributed by atoms with Crippen LogP contribution < -0.4 is 5.32 Å². The van der Waals surface area contributed by atoms with E-state index in [1.807, 2.05) is 24.3 Å². The van der Waals surface area contributed by atoms with Crippen molar-refractivity contribution in [3.63, 3.8) is 0 Å². The number of methoxy groups -OCH3 is 1.